The molecule has 3 aromatic rings. The fourth-order valence-electron chi connectivity index (χ4n) is 4.31. The number of benzene rings is 2. The van der Waals surface area contributed by atoms with Gasteiger partial charge in [0.25, 0.3) is 11.5 Å². The van der Waals surface area contributed by atoms with Gasteiger partial charge in [-0.05, 0) is 54.0 Å². The summed E-state index contributed by atoms with van der Waals surface area (Å²) in [5.74, 6) is 1.11. The molecule has 0 radical (unpaired) electrons. The van der Waals surface area contributed by atoms with Crippen LogP contribution in [0.5, 0.6) is 11.5 Å². The van der Waals surface area contributed by atoms with Crippen molar-refractivity contribution in [3.8, 4) is 22.6 Å². The Bertz CT molecular complexity index is 1280. The van der Waals surface area contributed by atoms with Crippen LogP contribution in [-0.2, 0) is 0 Å². The molecule has 1 heterocycles. The molecule has 0 unspecified atom stereocenters. The summed E-state index contributed by atoms with van der Waals surface area (Å²) in [4.78, 5) is 40.0. The van der Waals surface area contributed by atoms with Crippen molar-refractivity contribution in [3.63, 3.8) is 0 Å². The number of nitrogens with two attached hydrogens (primary N) is 1. The van der Waals surface area contributed by atoms with Crippen molar-refractivity contribution in [1.29, 1.82) is 0 Å². The number of hydrogen-bond acceptors (Lipinski definition) is 6. The number of carbonyl (C=O) groups is 1. The van der Waals surface area contributed by atoms with E-state index in [1.54, 1.807) is 14.2 Å². The number of aromatic nitrogens is 2. The van der Waals surface area contributed by atoms with Crippen LogP contribution in [0.4, 0.5) is 5.69 Å². The van der Waals surface area contributed by atoms with Gasteiger partial charge in [-0.2, -0.15) is 0 Å². The van der Waals surface area contributed by atoms with E-state index >= 15 is 0 Å². The predicted octanol–water partition coefficient (Wildman–Crippen LogP) is 2.40. The molecule has 1 saturated carbocycles. The maximum atomic E-state index is 12.5. The number of H-pyrrole nitrogens is 2. The monoisotopic (exact) mass is 450 g/mol. The summed E-state index contributed by atoms with van der Waals surface area (Å²) in [6.45, 7) is 0. The molecule has 4 rings (SSSR count). The average molecular weight is 450 g/mol. The summed E-state index contributed by atoms with van der Waals surface area (Å²) in [6.07, 6.45) is 2.47. The molecule has 1 amide bonds. The van der Waals surface area contributed by atoms with Gasteiger partial charge in [0.15, 0.2) is 11.5 Å². The van der Waals surface area contributed by atoms with Crippen LogP contribution >= 0.6 is 0 Å². The molecule has 9 heteroatoms. The molecule has 2 atom stereocenters. The van der Waals surface area contributed by atoms with Crippen molar-refractivity contribution >= 4 is 11.6 Å². The molecule has 0 aliphatic heterocycles. The van der Waals surface area contributed by atoms with Gasteiger partial charge in [0.1, 0.15) is 11.4 Å². The largest absolute Gasteiger partial charge is 0.493 e. The summed E-state index contributed by atoms with van der Waals surface area (Å²) in [6, 6.07) is 14.1. The highest BCUT2D eigenvalue weighted by molar-refractivity contribution is 5.97. The van der Waals surface area contributed by atoms with Crippen molar-refractivity contribution < 1.29 is 14.3 Å². The van der Waals surface area contributed by atoms with Gasteiger partial charge in [-0.3, -0.25) is 14.6 Å². The predicted molar refractivity (Wildman–Crippen MR) is 125 cm³/mol. The van der Waals surface area contributed by atoms with E-state index in [0.29, 0.717) is 17.4 Å². The molecule has 1 fully saturated rings. The van der Waals surface area contributed by atoms with Crippen LogP contribution < -0.4 is 31.8 Å². The number of rotatable bonds is 6. The summed E-state index contributed by atoms with van der Waals surface area (Å²) >= 11 is 0. The number of anilines is 1. The van der Waals surface area contributed by atoms with Crippen LogP contribution in [0.25, 0.3) is 11.1 Å². The number of nitrogens with one attached hydrogen (secondary N) is 3. The van der Waals surface area contributed by atoms with E-state index in [0.717, 1.165) is 30.4 Å². The van der Waals surface area contributed by atoms with E-state index in [1.165, 1.54) is 5.56 Å². The molecule has 2 aromatic carbocycles. The third-order valence-electron chi connectivity index (χ3n) is 6.07. The number of ether oxygens (including phenoxy) is 2. The molecule has 0 spiro atoms. The number of aromatic amines is 2. The zero-order valence-electron chi connectivity index (χ0n) is 18.4. The molecule has 5 N–H and O–H groups in total. The first-order valence-electron chi connectivity index (χ1n) is 10.6. The van der Waals surface area contributed by atoms with Crippen molar-refractivity contribution in [2.75, 3.05) is 20.0 Å². The highest BCUT2D eigenvalue weighted by Gasteiger charge is 2.28. The molecule has 1 aliphatic carbocycles. The highest BCUT2D eigenvalue weighted by Crippen LogP contribution is 2.36. The topological polar surface area (TPSA) is 139 Å². The Morgan fingerprint density at radius 1 is 0.970 bits per heavy atom. The van der Waals surface area contributed by atoms with E-state index in [2.05, 4.69) is 34.6 Å². The van der Waals surface area contributed by atoms with Gasteiger partial charge in [-0.15, -0.1) is 0 Å². The summed E-state index contributed by atoms with van der Waals surface area (Å²) in [5, 5.41) is 2.88. The smallest absolute Gasteiger partial charge is 0.326 e. The third kappa shape index (κ3) is 4.62. The van der Waals surface area contributed by atoms with Gasteiger partial charge in [0.2, 0.25) is 0 Å². The van der Waals surface area contributed by atoms with Crippen molar-refractivity contribution in [2.45, 2.75) is 31.2 Å². The molecule has 9 nitrogen and oxygen atoms in total. The molecule has 1 aromatic heterocycles. The summed E-state index contributed by atoms with van der Waals surface area (Å²) < 4.78 is 10.7. The highest BCUT2D eigenvalue weighted by atomic mass is 16.5. The standard InChI is InChI=1S/C24H26N4O5/c1-32-18-10-8-16(12-19(18)33-2)14-5-3-13(4-6-14)15-7-9-17(11-15)26-23(30)21-20(25)22(29)28-24(31)27-21/h3-6,8,10,12,15,17H,7,9,11,25H2,1-2H3,(H,26,30)(H2,27,28,29,31)/t15-,17+/m1/s1. The van der Waals surface area contributed by atoms with Gasteiger partial charge in [0.05, 0.1) is 14.2 Å². The van der Waals surface area contributed by atoms with Crippen LogP contribution in [0, 0.1) is 0 Å². The lowest BCUT2D eigenvalue weighted by Gasteiger charge is -2.15. The quantitative estimate of drug-likeness (QED) is 0.455. The number of hydrogen-bond donors (Lipinski definition) is 4. The molecule has 0 saturated heterocycles. The second-order valence-corrected chi connectivity index (χ2v) is 8.07. The van der Waals surface area contributed by atoms with E-state index < -0.39 is 17.2 Å². The lowest BCUT2D eigenvalue weighted by Crippen LogP contribution is -2.37. The van der Waals surface area contributed by atoms with E-state index in [9.17, 15) is 14.4 Å². The molecule has 1 aliphatic rings. The first-order valence-corrected chi connectivity index (χ1v) is 10.6. The number of nitrogen functional groups attached to an aromatic ring is 1. The lowest BCUT2D eigenvalue weighted by molar-refractivity contribution is 0.0933. The van der Waals surface area contributed by atoms with E-state index in [-0.39, 0.29) is 17.4 Å². The fourth-order valence-corrected chi connectivity index (χ4v) is 4.31. The Kier molecular flexibility index (Phi) is 6.21. The maximum absolute atomic E-state index is 12.5. The zero-order valence-corrected chi connectivity index (χ0v) is 18.4. The summed E-state index contributed by atoms with van der Waals surface area (Å²) in [5.41, 5.74) is 6.90. The van der Waals surface area contributed by atoms with Gasteiger partial charge in [0, 0.05) is 6.04 Å². The van der Waals surface area contributed by atoms with Crippen LogP contribution in [0.2, 0.25) is 0 Å². The Morgan fingerprint density at radius 3 is 2.36 bits per heavy atom. The van der Waals surface area contributed by atoms with Crippen LogP contribution in [0.15, 0.2) is 52.1 Å². The van der Waals surface area contributed by atoms with Gasteiger partial charge >= 0.3 is 5.69 Å². The SMILES string of the molecule is COc1ccc(-c2ccc([C@@H]3CC[C@H](NC(=O)c4[nH]c(=O)[nH]c(=O)c4N)C3)cc2)cc1OC. The van der Waals surface area contributed by atoms with Crippen molar-refractivity contribution in [2.24, 2.45) is 0 Å². The molecule has 33 heavy (non-hydrogen) atoms. The minimum atomic E-state index is -0.775. The zero-order chi connectivity index (χ0) is 23.5. The van der Waals surface area contributed by atoms with Crippen molar-refractivity contribution in [3.05, 3.63) is 74.6 Å². The second-order valence-electron chi connectivity index (χ2n) is 8.07. The Labute approximate surface area is 190 Å². The lowest BCUT2D eigenvalue weighted by atomic mass is 9.95. The van der Waals surface area contributed by atoms with E-state index in [1.807, 2.05) is 23.2 Å². The molecule has 0 bridgehead atoms. The maximum Gasteiger partial charge on any atom is 0.326 e. The van der Waals surface area contributed by atoms with Gasteiger partial charge < -0.3 is 25.5 Å². The van der Waals surface area contributed by atoms with Crippen LogP contribution in [0.3, 0.4) is 0 Å². The molecular formula is C24H26N4O5. The average Bonchev–Trinajstić information content (AvgIpc) is 3.29. The minimum Gasteiger partial charge on any atom is -0.493 e. The number of amides is 1. The minimum absolute atomic E-state index is 0.0739. The van der Waals surface area contributed by atoms with Crippen molar-refractivity contribution in [1.82, 2.24) is 15.3 Å². The first kappa shape index (κ1) is 22.2. The van der Waals surface area contributed by atoms with E-state index in [4.69, 9.17) is 15.2 Å². The second kappa shape index (κ2) is 9.23. The van der Waals surface area contributed by atoms with Crippen LogP contribution in [-0.4, -0.2) is 36.1 Å². The Morgan fingerprint density at radius 2 is 1.67 bits per heavy atom. The van der Waals surface area contributed by atoms with Crippen LogP contribution in [0.1, 0.15) is 41.2 Å². The number of carbonyl (C=O) groups excluding carboxylic acids is 1. The normalized spacial score (nSPS) is 17.5. The summed E-state index contributed by atoms with van der Waals surface area (Å²) in [7, 11) is 3.22. The Hall–Kier alpha value is -4.01. The molecular weight excluding hydrogens is 424 g/mol. The number of methoxy groups -OCH3 is 2. The van der Waals surface area contributed by atoms with Gasteiger partial charge in [-0.1, -0.05) is 30.3 Å². The Balaban J connectivity index is 1.43. The van der Waals surface area contributed by atoms with Gasteiger partial charge in [-0.25, -0.2) is 4.79 Å². The molecule has 172 valence electrons. The fraction of sp³-hybridized carbons (Fsp3) is 0.292. The first-order chi connectivity index (χ1) is 15.9. The third-order valence-corrected chi connectivity index (χ3v) is 6.07.